The average Bonchev–Trinajstić information content (AvgIpc) is 2.85. The Kier molecular flexibility index (Phi) is 3.62. The van der Waals surface area contributed by atoms with E-state index in [0.717, 1.165) is 0 Å². The molecule has 0 saturated carbocycles. The zero-order valence-corrected chi connectivity index (χ0v) is 10.1. The van der Waals surface area contributed by atoms with Gasteiger partial charge in [-0.3, -0.25) is 10.2 Å². The highest BCUT2D eigenvalue weighted by Crippen LogP contribution is 2.17. The molecule has 4 nitrogen and oxygen atoms in total. The van der Waals surface area contributed by atoms with Crippen molar-refractivity contribution in [3.63, 3.8) is 0 Å². The summed E-state index contributed by atoms with van der Waals surface area (Å²) in [6.07, 6.45) is 1.63. The Labute approximate surface area is 103 Å². The Hall–Kier alpha value is -2.01. The molecule has 1 N–H and O–H groups in total. The van der Waals surface area contributed by atoms with Gasteiger partial charge in [0.1, 0.15) is 5.69 Å². The molecule has 0 atom stereocenters. The molecule has 5 heteroatoms. The summed E-state index contributed by atoms with van der Waals surface area (Å²) in [4.78, 5) is 16.2. The van der Waals surface area contributed by atoms with E-state index >= 15 is 0 Å². The van der Waals surface area contributed by atoms with Gasteiger partial charge in [0, 0.05) is 17.2 Å². The van der Waals surface area contributed by atoms with E-state index in [4.69, 9.17) is 0 Å². The van der Waals surface area contributed by atoms with E-state index < -0.39 is 0 Å². The van der Waals surface area contributed by atoms with E-state index in [0.29, 0.717) is 16.4 Å². The summed E-state index contributed by atoms with van der Waals surface area (Å²) in [5.74, 6) is -0.0737. The third kappa shape index (κ3) is 2.76. The highest BCUT2D eigenvalue weighted by Gasteiger charge is 2.12. The Morgan fingerprint density at radius 3 is 2.88 bits per heavy atom. The molecule has 0 amide bonds. The number of rotatable bonds is 4. The van der Waals surface area contributed by atoms with Crippen molar-refractivity contribution < 1.29 is 4.79 Å². The van der Waals surface area contributed by atoms with Gasteiger partial charge in [0.25, 0.3) is 0 Å². The lowest BCUT2D eigenvalue weighted by molar-refractivity contribution is 0.103. The molecule has 1 aromatic heterocycles. The highest BCUT2D eigenvalue weighted by molar-refractivity contribution is 7.13. The van der Waals surface area contributed by atoms with Gasteiger partial charge < -0.3 is 0 Å². The van der Waals surface area contributed by atoms with Crippen LogP contribution < -0.4 is 5.43 Å². The van der Waals surface area contributed by atoms with Crippen molar-refractivity contribution in [2.24, 2.45) is 5.10 Å². The van der Waals surface area contributed by atoms with Gasteiger partial charge in [-0.1, -0.05) is 30.3 Å². The lowest BCUT2D eigenvalue weighted by Crippen LogP contribution is -2.01. The lowest BCUT2D eigenvalue weighted by atomic mass is 10.1. The molecule has 0 aliphatic carbocycles. The second-order valence-electron chi connectivity index (χ2n) is 3.23. The number of carbonyl (C=O) groups excluding carboxylic acids is 1. The van der Waals surface area contributed by atoms with Crippen molar-refractivity contribution in [3.05, 3.63) is 47.0 Å². The minimum atomic E-state index is -0.0737. The van der Waals surface area contributed by atoms with E-state index in [2.05, 4.69) is 15.5 Å². The quantitative estimate of drug-likeness (QED) is 0.512. The summed E-state index contributed by atoms with van der Waals surface area (Å²) in [5, 5.41) is 6.19. The molecule has 0 spiro atoms. The number of hydrogen-bond donors (Lipinski definition) is 1. The predicted octanol–water partition coefficient (Wildman–Crippen LogP) is 2.79. The summed E-state index contributed by atoms with van der Waals surface area (Å²) in [5.41, 5.74) is 3.83. The number of carbonyl (C=O) groups is 1. The first-order valence-corrected chi connectivity index (χ1v) is 5.98. The standard InChI is InChI=1S/C12H11N3OS/c1-2-13-15-12-14-10(8-17-12)11(16)9-6-4-3-5-7-9/h2-8H,1H3,(H,14,15). The minimum Gasteiger partial charge on any atom is -0.287 e. The Morgan fingerprint density at radius 2 is 2.18 bits per heavy atom. The number of hydrazone groups is 1. The number of nitrogens with one attached hydrogen (secondary N) is 1. The second-order valence-corrected chi connectivity index (χ2v) is 4.09. The second kappa shape index (κ2) is 5.36. The van der Waals surface area contributed by atoms with Crippen LogP contribution in [-0.2, 0) is 0 Å². The molecule has 0 saturated heterocycles. The van der Waals surface area contributed by atoms with Gasteiger partial charge in [-0.15, -0.1) is 11.3 Å². The lowest BCUT2D eigenvalue weighted by Gasteiger charge is -1.95. The van der Waals surface area contributed by atoms with Crippen molar-refractivity contribution in [1.29, 1.82) is 0 Å². The van der Waals surface area contributed by atoms with Gasteiger partial charge in [0.05, 0.1) is 0 Å². The molecule has 1 aromatic carbocycles. The van der Waals surface area contributed by atoms with E-state index in [1.54, 1.807) is 30.7 Å². The molecule has 0 unspecified atom stereocenters. The molecule has 0 fully saturated rings. The molecule has 2 aromatic rings. The van der Waals surface area contributed by atoms with Gasteiger partial charge in [-0.2, -0.15) is 5.10 Å². The fourth-order valence-corrected chi connectivity index (χ4v) is 1.93. The average molecular weight is 245 g/mol. The maximum absolute atomic E-state index is 12.0. The summed E-state index contributed by atoms with van der Waals surface area (Å²) < 4.78 is 0. The van der Waals surface area contributed by atoms with Gasteiger partial charge in [-0.05, 0) is 6.92 Å². The normalized spacial score (nSPS) is 10.6. The zero-order valence-electron chi connectivity index (χ0n) is 9.25. The van der Waals surface area contributed by atoms with Crippen LogP contribution in [0.4, 0.5) is 5.13 Å². The molecular weight excluding hydrogens is 234 g/mol. The molecule has 2 rings (SSSR count). The smallest absolute Gasteiger partial charge is 0.212 e. The maximum atomic E-state index is 12.0. The molecule has 0 radical (unpaired) electrons. The SMILES string of the molecule is CC=NNc1nc(C(=O)c2ccccc2)cs1. The van der Waals surface area contributed by atoms with Crippen molar-refractivity contribution >= 4 is 28.5 Å². The molecule has 86 valence electrons. The Morgan fingerprint density at radius 1 is 1.41 bits per heavy atom. The number of nitrogens with zero attached hydrogens (tertiary/aromatic N) is 2. The van der Waals surface area contributed by atoms with E-state index in [1.165, 1.54) is 11.3 Å². The fourth-order valence-electron chi connectivity index (χ4n) is 1.29. The van der Waals surface area contributed by atoms with Crippen LogP contribution in [0, 0.1) is 0 Å². The third-order valence-corrected chi connectivity index (χ3v) is 2.81. The van der Waals surface area contributed by atoms with Crippen LogP contribution in [0.15, 0.2) is 40.8 Å². The van der Waals surface area contributed by atoms with Crippen molar-refractivity contribution in [1.82, 2.24) is 4.98 Å². The summed E-state index contributed by atoms with van der Waals surface area (Å²) in [7, 11) is 0. The molecule has 0 aliphatic heterocycles. The van der Waals surface area contributed by atoms with Crippen LogP contribution >= 0.6 is 11.3 Å². The van der Waals surface area contributed by atoms with Gasteiger partial charge >= 0.3 is 0 Å². The molecule has 0 bridgehead atoms. The van der Waals surface area contributed by atoms with Gasteiger partial charge in [-0.25, -0.2) is 4.98 Å². The Bertz CT molecular complexity index is 534. The summed E-state index contributed by atoms with van der Waals surface area (Å²) in [6, 6.07) is 9.10. The number of ketones is 1. The highest BCUT2D eigenvalue weighted by atomic mass is 32.1. The largest absolute Gasteiger partial charge is 0.287 e. The fraction of sp³-hybridized carbons (Fsp3) is 0.0833. The van der Waals surface area contributed by atoms with Crippen molar-refractivity contribution in [2.75, 3.05) is 5.43 Å². The van der Waals surface area contributed by atoms with Crippen LogP contribution in [0.25, 0.3) is 0 Å². The molecular formula is C12H11N3OS. The molecule has 17 heavy (non-hydrogen) atoms. The van der Waals surface area contributed by atoms with E-state index in [1.807, 2.05) is 18.2 Å². The summed E-state index contributed by atoms with van der Waals surface area (Å²) in [6.45, 7) is 1.80. The van der Waals surface area contributed by atoms with Crippen molar-refractivity contribution in [2.45, 2.75) is 6.92 Å². The van der Waals surface area contributed by atoms with E-state index in [-0.39, 0.29) is 5.78 Å². The monoisotopic (exact) mass is 245 g/mol. The summed E-state index contributed by atoms with van der Waals surface area (Å²) >= 11 is 1.36. The number of benzene rings is 1. The number of anilines is 1. The van der Waals surface area contributed by atoms with Gasteiger partial charge in [0.2, 0.25) is 10.9 Å². The Balaban J connectivity index is 2.18. The molecule has 1 heterocycles. The van der Waals surface area contributed by atoms with Crippen LogP contribution in [0.3, 0.4) is 0 Å². The van der Waals surface area contributed by atoms with Crippen molar-refractivity contribution in [3.8, 4) is 0 Å². The minimum absolute atomic E-state index is 0.0737. The first-order valence-electron chi connectivity index (χ1n) is 5.10. The predicted molar refractivity (Wildman–Crippen MR) is 69.8 cm³/mol. The third-order valence-electron chi connectivity index (χ3n) is 2.06. The first-order chi connectivity index (χ1) is 8.31. The number of thiazole rings is 1. The molecule has 0 aliphatic rings. The van der Waals surface area contributed by atoms with E-state index in [9.17, 15) is 4.79 Å². The number of aromatic nitrogens is 1. The van der Waals surface area contributed by atoms with Gasteiger partial charge in [0.15, 0.2) is 0 Å². The zero-order chi connectivity index (χ0) is 12.1. The first kappa shape index (κ1) is 11.5. The van der Waals surface area contributed by atoms with Crippen LogP contribution in [-0.4, -0.2) is 17.0 Å². The number of hydrogen-bond acceptors (Lipinski definition) is 5. The van der Waals surface area contributed by atoms with Crippen LogP contribution in [0.5, 0.6) is 0 Å². The topological polar surface area (TPSA) is 54.4 Å². The van der Waals surface area contributed by atoms with Crippen LogP contribution in [0.1, 0.15) is 23.0 Å². The maximum Gasteiger partial charge on any atom is 0.212 e. The van der Waals surface area contributed by atoms with Crippen LogP contribution in [0.2, 0.25) is 0 Å².